The fraction of sp³-hybridized carbons (Fsp3) is 0.786. The van der Waals surface area contributed by atoms with Crippen molar-refractivity contribution in [2.45, 2.75) is 47.6 Å². The molecule has 1 atom stereocenters. The number of nitrogens with one attached hydrogen (secondary N) is 1. The van der Waals surface area contributed by atoms with Crippen molar-refractivity contribution in [2.75, 3.05) is 6.54 Å². The first-order chi connectivity index (χ1) is 7.93. The Labute approximate surface area is 110 Å². The Hall–Kier alpha value is -0.410. The second kappa shape index (κ2) is 6.50. The van der Waals surface area contributed by atoms with Gasteiger partial charge in [0.25, 0.3) is 0 Å². The van der Waals surface area contributed by atoms with Crippen LogP contribution in [0, 0.1) is 24.7 Å². The first-order valence-electron chi connectivity index (χ1n) is 6.56. The van der Waals surface area contributed by atoms with Gasteiger partial charge in [0.2, 0.25) is 0 Å². The van der Waals surface area contributed by atoms with E-state index in [9.17, 15) is 0 Å². The number of hydrogen-bond acceptors (Lipinski definition) is 3. The van der Waals surface area contributed by atoms with Crippen molar-refractivity contribution < 1.29 is 0 Å². The molecule has 0 bridgehead atoms. The molecule has 17 heavy (non-hydrogen) atoms. The van der Waals surface area contributed by atoms with E-state index in [0.29, 0.717) is 6.04 Å². The van der Waals surface area contributed by atoms with Crippen molar-refractivity contribution in [1.82, 2.24) is 10.3 Å². The summed E-state index contributed by atoms with van der Waals surface area (Å²) in [5.41, 5.74) is 3.10. The van der Waals surface area contributed by atoms with Gasteiger partial charge in [-0.05, 0) is 38.1 Å². The van der Waals surface area contributed by atoms with Crippen molar-refractivity contribution in [3.63, 3.8) is 0 Å². The molecule has 1 aromatic rings. The van der Waals surface area contributed by atoms with Gasteiger partial charge in [0, 0.05) is 10.9 Å². The SMILES string of the molecule is Cc1ncsc1C(C)NCC(C(C)C)C(C)C. The van der Waals surface area contributed by atoms with E-state index in [4.69, 9.17) is 0 Å². The van der Waals surface area contributed by atoms with Gasteiger partial charge in [-0.2, -0.15) is 0 Å². The molecule has 1 heterocycles. The number of aromatic nitrogens is 1. The molecular weight excluding hydrogens is 228 g/mol. The Balaban J connectivity index is 2.52. The summed E-state index contributed by atoms with van der Waals surface area (Å²) in [6.45, 7) is 14.7. The summed E-state index contributed by atoms with van der Waals surface area (Å²) in [6.07, 6.45) is 0. The fourth-order valence-corrected chi connectivity index (χ4v) is 3.21. The zero-order chi connectivity index (χ0) is 13.0. The van der Waals surface area contributed by atoms with E-state index < -0.39 is 0 Å². The van der Waals surface area contributed by atoms with Gasteiger partial charge in [0.05, 0.1) is 11.2 Å². The Kier molecular flexibility index (Phi) is 5.60. The zero-order valence-corrected chi connectivity index (χ0v) is 12.8. The molecule has 0 saturated carbocycles. The van der Waals surface area contributed by atoms with E-state index in [1.54, 1.807) is 11.3 Å². The molecule has 0 fully saturated rings. The topological polar surface area (TPSA) is 24.9 Å². The van der Waals surface area contributed by atoms with Gasteiger partial charge in [-0.15, -0.1) is 11.3 Å². The highest BCUT2D eigenvalue weighted by molar-refractivity contribution is 7.09. The standard InChI is InChI=1S/C14H26N2S/c1-9(2)13(10(3)4)7-15-11(5)14-12(6)16-8-17-14/h8-11,13,15H,7H2,1-6H3. The van der Waals surface area contributed by atoms with Crippen LogP contribution in [-0.4, -0.2) is 11.5 Å². The first kappa shape index (κ1) is 14.7. The zero-order valence-electron chi connectivity index (χ0n) is 11.9. The Morgan fingerprint density at radius 2 is 1.76 bits per heavy atom. The lowest BCUT2D eigenvalue weighted by Gasteiger charge is -2.27. The summed E-state index contributed by atoms with van der Waals surface area (Å²) in [5.74, 6) is 2.21. The monoisotopic (exact) mass is 254 g/mol. The largest absolute Gasteiger partial charge is 0.309 e. The highest BCUT2D eigenvalue weighted by Gasteiger charge is 2.19. The molecular formula is C14H26N2S. The number of hydrogen-bond donors (Lipinski definition) is 1. The molecule has 0 aliphatic heterocycles. The molecule has 98 valence electrons. The highest BCUT2D eigenvalue weighted by Crippen LogP contribution is 2.24. The Morgan fingerprint density at radius 1 is 1.18 bits per heavy atom. The molecule has 0 radical (unpaired) electrons. The summed E-state index contributed by atoms with van der Waals surface area (Å²) in [6, 6.07) is 0.419. The average Bonchev–Trinajstić information content (AvgIpc) is 2.63. The van der Waals surface area contributed by atoms with E-state index in [1.165, 1.54) is 10.6 Å². The molecule has 3 heteroatoms. The van der Waals surface area contributed by atoms with E-state index >= 15 is 0 Å². The summed E-state index contributed by atoms with van der Waals surface area (Å²) in [7, 11) is 0. The predicted octanol–water partition coefficient (Wildman–Crippen LogP) is 4.03. The van der Waals surface area contributed by atoms with Crippen molar-refractivity contribution in [1.29, 1.82) is 0 Å². The van der Waals surface area contributed by atoms with E-state index in [0.717, 1.165) is 24.3 Å². The van der Waals surface area contributed by atoms with Crippen LogP contribution < -0.4 is 5.32 Å². The van der Waals surface area contributed by atoms with Gasteiger partial charge < -0.3 is 5.32 Å². The van der Waals surface area contributed by atoms with Crippen LogP contribution >= 0.6 is 11.3 Å². The average molecular weight is 254 g/mol. The lowest BCUT2D eigenvalue weighted by molar-refractivity contribution is 0.268. The van der Waals surface area contributed by atoms with E-state index in [-0.39, 0.29) is 0 Å². The van der Waals surface area contributed by atoms with Gasteiger partial charge in [0.15, 0.2) is 0 Å². The Bertz CT molecular complexity index is 323. The molecule has 0 spiro atoms. The van der Waals surface area contributed by atoms with Gasteiger partial charge in [-0.3, -0.25) is 0 Å². The van der Waals surface area contributed by atoms with Crippen LogP contribution in [0.5, 0.6) is 0 Å². The fourth-order valence-electron chi connectivity index (χ4n) is 2.37. The minimum Gasteiger partial charge on any atom is -0.309 e. The normalized spacial score (nSPS) is 13.9. The minimum absolute atomic E-state index is 0.419. The van der Waals surface area contributed by atoms with Crippen molar-refractivity contribution in [3.05, 3.63) is 16.1 Å². The van der Waals surface area contributed by atoms with Gasteiger partial charge in [0.1, 0.15) is 0 Å². The lowest BCUT2D eigenvalue weighted by Crippen LogP contribution is -2.31. The van der Waals surface area contributed by atoms with Gasteiger partial charge in [-0.25, -0.2) is 4.98 Å². The molecule has 0 aromatic carbocycles. The first-order valence-corrected chi connectivity index (χ1v) is 7.44. The van der Waals surface area contributed by atoms with Crippen molar-refractivity contribution in [2.24, 2.45) is 17.8 Å². The summed E-state index contributed by atoms with van der Waals surface area (Å²) in [5, 5.41) is 3.66. The molecule has 0 amide bonds. The number of nitrogens with zero attached hydrogens (tertiary/aromatic N) is 1. The molecule has 1 unspecified atom stereocenters. The van der Waals surface area contributed by atoms with Crippen LogP contribution in [0.1, 0.15) is 51.2 Å². The number of thiazole rings is 1. The van der Waals surface area contributed by atoms with E-state index in [1.807, 2.05) is 5.51 Å². The molecule has 2 nitrogen and oxygen atoms in total. The van der Waals surface area contributed by atoms with Crippen LogP contribution in [-0.2, 0) is 0 Å². The van der Waals surface area contributed by atoms with Crippen LogP contribution in [0.25, 0.3) is 0 Å². The lowest BCUT2D eigenvalue weighted by atomic mass is 9.85. The summed E-state index contributed by atoms with van der Waals surface area (Å²) >= 11 is 1.75. The maximum Gasteiger partial charge on any atom is 0.0798 e. The highest BCUT2D eigenvalue weighted by atomic mass is 32.1. The van der Waals surface area contributed by atoms with Gasteiger partial charge in [-0.1, -0.05) is 27.7 Å². The van der Waals surface area contributed by atoms with Crippen LogP contribution in [0.4, 0.5) is 0 Å². The maximum absolute atomic E-state index is 4.31. The summed E-state index contributed by atoms with van der Waals surface area (Å²) < 4.78 is 0. The molecule has 1 rings (SSSR count). The van der Waals surface area contributed by atoms with Crippen LogP contribution in [0.2, 0.25) is 0 Å². The maximum atomic E-state index is 4.31. The molecule has 1 aromatic heterocycles. The van der Waals surface area contributed by atoms with Crippen molar-refractivity contribution >= 4 is 11.3 Å². The second-order valence-corrected chi connectivity index (χ2v) is 6.47. The predicted molar refractivity (Wildman–Crippen MR) is 76.4 cm³/mol. The minimum atomic E-state index is 0.419. The Morgan fingerprint density at radius 3 is 2.18 bits per heavy atom. The summed E-state index contributed by atoms with van der Waals surface area (Å²) in [4.78, 5) is 5.69. The molecule has 1 N–H and O–H groups in total. The molecule has 0 aliphatic rings. The molecule has 0 aliphatic carbocycles. The van der Waals surface area contributed by atoms with Crippen molar-refractivity contribution in [3.8, 4) is 0 Å². The third-order valence-electron chi connectivity index (χ3n) is 3.55. The number of aryl methyl sites for hydroxylation is 1. The van der Waals surface area contributed by atoms with E-state index in [2.05, 4.69) is 51.8 Å². The number of rotatable bonds is 6. The smallest absolute Gasteiger partial charge is 0.0798 e. The van der Waals surface area contributed by atoms with Gasteiger partial charge >= 0.3 is 0 Å². The quantitative estimate of drug-likeness (QED) is 0.829. The third-order valence-corrected chi connectivity index (χ3v) is 4.66. The second-order valence-electron chi connectivity index (χ2n) is 5.58. The van der Waals surface area contributed by atoms with Crippen LogP contribution in [0.15, 0.2) is 5.51 Å². The van der Waals surface area contributed by atoms with Crippen LogP contribution in [0.3, 0.4) is 0 Å². The third kappa shape index (κ3) is 4.07. The molecule has 0 saturated heterocycles.